The lowest BCUT2D eigenvalue weighted by Crippen LogP contribution is -2.14. The van der Waals surface area contributed by atoms with E-state index >= 15 is 0 Å². The number of aryl methyl sites for hydroxylation is 2. The molecule has 0 spiro atoms. The van der Waals surface area contributed by atoms with E-state index in [1.54, 1.807) is 6.92 Å². The van der Waals surface area contributed by atoms with Crippen LogP contribution in [0.25, 0.3) is 0 Å². The van der Waals surface area contributed by atoms with Gasteiger partial charge in [-0.05, 0) is 45.2 Å². The van der Waals surface area contributed by atoms with E-state index in [1.807, 2.05) is 6.92 Å². The molecule has 17 heavy (non-hydrogen) atoms. The number of aromatic nitrogens is 1. The first-order chi connectivity index (χ1) is 7.79. The molecule has 2 N–H and O–H groups in total. The van der Waals surface area contributed by atoms with E-state index in [-0.39, 0.29) is 6.04 Å². The van der Waals surface area contributed by atoms with Gasteiger partial charge in [0, 0.05) is 17.4 Å². The fourth-order valence-electron chi connectivity index (χ4n) is 1.63. The van der Waals surface area contributed by atoms with Crippen LogP contribution in [0.4, 0.5) is 13.2 Å². The minimum absolute atomic E-state index is 0.0712. The zero-order valence-corrected chi connectivity index (χ0v) is 10.0. The van der Waals surface area contributed by atoms with Crippen molar-refractivity contribution in [3.63, 3.8) is 0 Å². The Hall–Kier alpha value is -1.10. The highest BCUT2D eigenvalue weighted by atomic mass is 19.4. The van der Waals surface area contributed by atoms with E-state index in [9.17, 15) is 13.2 Å². The monoisotopic (exact) mass is 246 g/mol. The SMILES string of the molecule is Cc1cc(C(F)(F)F)cc(CCC[C@H](C)N)n1. The van der Waals surface area contributed by atoms with Crippen LogP contribution < -0.4 is 5.73 Å². The molecule has 0 unspecified atom stereocenters. The highest BCUT2D eigenvalue weighted by Crippen LogP contribution is 2.30. The second kappa shape index (κ2) is 5.49. The van der Waals surface area contributed by atoms with Gasteiger partial charge in [0.15, 0.2) is 0 Å². The van der Waals surface area contributed by atoms with Crippen molar-refractivity contribution in [3.8, 4) is 0 Å². The molecule has 2 nitrogen and oxygen atoms in total. The van der Waals surface area contributed by atoms with Crippen molar-refractivity contribution in [2.75, 3.05) is 0 Å². The van der Waals surface area contributed by atoms with Crippen LogP contribution in [0.5, 0.6) is 0 Å². The van der Waals surface area contributed by atoms with E-state index in [0.717, 1.165) is 25.0 Å². The Labute approximate surface area is 99.0 Å². The fourth-order valence-corrected chi connectivity index (χ4v) is 1.63. The van der Waals surface area contributed by atoms with Crippen molar-refractivity contribution in [2.45, 2.75) is 45.3 Å². The second-order valence-corrected chi connectivity index (χ2v) is 4.36. The van der Waals surface area contributed by atoms with Crippen LogP contribution in [-0.4, -0.2) is 11.0 Å². The van der Waals surface area contributed by atoms with Gasteiger partial charge in [-0.2, -0.15) is 13.2 Å². The predicted octanol–water partition coefficient (Wildman–Crippen LogP) is 3.08. The zero-order chi connectivity index (χ0) is 13.1. The van der Waals surface area contributed by atoms with E-state index in [2.05, 4.69) is 4.98 Å². The summed E-state index contributed by atoms with van der Waals surface area (Å²) in [6.45, 7) is 3.45. The molecule has 1 aromatic rings. The lowest BCUT2D eigenvalue weighted by molar-refractivity contribution is -0.137. The van der Waals surface area contributed by atoms with Crippen LogP contribution in [0, 0.1) is 6.92 Å². The average molecular weight is 246 g/mol. The molecule has 1 aromatic heterocycles. The Balaban J connectivity index is 2.76. The van der Waals surface area contributed by atoms with Gasteiger partial charge >= 0.3 is 6.18 Å². The zero-order valence-electron chi connectivity index (χ0n) is 10.0. The third-order valence-corrected chi connectivity index (χ3v) is 2.43. The third kappa shape index (κ3) is 4.73. The number of rotatable bonds is 4. The molecule has 0 bridgehead atoms. The number of pyridine rings is 1. The van der Waals surface area contributed by atoms with Crippen LogP contribution in [-0.2, 0) is 12.6 Å². The van der Waals surface area contributed by atoms with Crippen molar-refractivity contribution >= 4 is 0 Å². The van der Waals surface area contributed by atoms with Gasteiger partial charge in [0.2, 0.25) is 0 Å². The summed E-state index contributed by atoms with van der Waals surface area (Å²) in [6, 6.07) is 2.25. The summed E-state index contributed by atoms with van der Waals surface area (Å²) < 4.78 is 37.7. The minimum atomic E-state index is -4.30. The normalized spacial score (nSPS) is 13.8. The van der Waals surface area contributed by atoms with Crippen molar-refractivity contribution in [1.82, 2.24) is 4.98 Å². The van der Waals surface area contributed by atoms with Crippen LogP contribution in [0.3, 0.4) is 0 Å². The van der Waals surface area contributed by atoms with E-state index in [0.29, 0.717) is 17.8 Å². The van der Waals surface area contributed by atoms with Gasteiger partial charge in [-0.3, -0.25) is 4.98 Å². The highest BCUT2D eigenvalue weighted by Gasteiger charge is 2.31. The number of hydrogen-bond donors (Lipinski definition) is 1. The maximum absolute atomic E-state index is 12.6. The van der Waals surface area contributed by atoms with Crippen molar-refractivity contribution < 1.29 is 13.2 Å². The Morgan fingerprint density at radius 3 is 2.53 bits per heavy atom. The fraction of sp³-hybridized carbons (Fsp3) is 0.583. The summed E-state index contributed by atoms with van der Waals surface area (Å²) >= 11 is 0. The summed E-state index contributed by atoms with van der Waals surface area (Å²) in [4.78, 5) is 4.10. The number of nitrogens with zero attached hydrogens (tertiary/aromatic N) is 1. The summed E-state index contributed by atoms with van der Waals surface area (Å²) in [7, 11) is 0. The number of nitrogens with two attached hydrogens (primary N) is 1. The van der Waals surface area contributed by atoms with Crippen LogP contribution in [0.15, 0.2) is 12.1 Å². The average Bonchev–Trinajstić information content (AvgIpc) is 2.14. The predicted molar refractivity (Wildman–Crippen MR) is 60.6 cm³/mol. The minimum Gasteiger partial charge on any atom is -0.328 e. The first-order valence-electron chi connectivity index (χ1n) is 5.59. The van der Waals surface area contributed by atoms with Crippen molar-refractivity contribution in [3.05, 3.63) is 29.1 Å². The Morgan fingerprint density at radius 2 is 2.00 bits per heavy atom. The third-order valence-electron chi connectivity index (χ3n) is 2.43. The summed E-state index contributed by atoms with van der Waals surface area (Å²) in [5.74, 6) is 0. The number of halogens is 3. The smallest absolute Gasteiger partial charge is 0.328 e. The molecule has 0 amide bonds. The molecule has 1 rings (SSSR count). The molecule has 0 aromatic carbocycles. The standard InChI is InChI=1S/C12H17F3N2/c1-8(16)4-3-5-11-7-10(12(13,14)15)6-9(2)17-11/h6-8H,3-5,16H2,1-2H3/t8-/m0/s1. The quantitative estimate of drug-likeness (QED) is 0.886. The summed E-state index contributed by atoms with van der Waals surface area (Å²) in [5, 5.41) is 0. The molecule has 1 heterocycles. The van der Waals surface area contributed by atoms with Gasteiger partial charge in [-0.15, -0.1) is 0 Å². The lowest BCUT2D eigenvalue weighted by Gasteiger charge is -2.10. The van der Waals surface area contributed by atoms with Gasteiger partial charge in [0.25, 0.3) is 0 Å². The molecule has 1 atom stereocenters. The largest absolute Gasteiger partial charge is 0.416 e. The topological polar surface area (TPSA) is 38.9 Å². The summed E-state index contributed by atoms with van der Waals surface area (Å²) in [5.41, 5.74) is 5.84. The van der Waals surface area contributed by atoms with Gasteiger partial charge in [0.1, 0.15) is 0 Å². The van der Waals surface area contributed by atoms with Gasteiger partial charge in [0.05, 0.1) is 5.56 Å². The highest BCUT2D eigenvalue weighted by molar-refractivity contribution is 5.23. The van der Waals surface area contributed by atoms with Gasteiger partial charge in [-0.25, -0.2) is 0 Å². The summed E-state index contributed by atoms with van der Waals surface area (Å²) in [6.07, 6.45) is -2.22. The second-order valence-electron chi connectivity index (χ2n) is 4.36. The van der Waals surface area contributed by atoms with Gasteiger partial charge < -0.3 is 5.73 Å². The van der Waals surface area contributed by atoms with E-state index in [4.69, 9.17) is 5.73 Å². The first-order valence-corrected chi connectivity index (χ1v) is 5.59. The first kappa shape index (κ1) is 14.0. The van der Waals surface area contributed by atoms with Gasteiger partial charge in [-0.1, -0.05) is 0 Å². The van der Waals surface area contributed by atoms with Crippen LogP contribution in [0.1, 0.15) is 36.7 Å². The van der Waals surface area contributed by atoms with Crippen molar-refractivity contribution in [2.24, 2.45) is 5.73 Å². The molecule has 5 heteroatoms. The maximum Gasteiger partial charge on any atom is 0.416 e. The van der Waals surface area contributed by atoms with E-state index in [1.165, 1.54) is 0 Å². The molecule has 0 saturated heterocycles. The molecule has 0 fully saturated rings. The maximum atomic E-state index is 12.6. The molecule has 0 aliphatic heterocycles. The molecule has 0 saturated carbocycles. The molecular weight excluding hydrogens is 229 g/mol. The lowest BCUT2D eigenvalue weighted by atomic mass is 10.1. The molecule has 0 radical (unpaired) electrons. The molecule has 96 valence electrons. The number of hydrogen-bond acceptors (Lipinski definition) is 2. The van der Waals surface area contributed by atoms with Crippen LogP contribution >= 0.6 is 0 Å². The van der Waals surface area contributed by atoms with Crippen LogP contribution in [0.2, 0.25) is 0 Å². The molecule has 0 aliphatic rings. The Morgan fingerprint density at radius 1 is 1.35 bits per heavy atom. The van der Waals surface area contributed by atoms with Crippen molar-refractivity contribution in [1.29, 1.82) is 0 Å². The molecular formula is C12H17F3N2. The number of alkyl halides is 3. The molecule has 0 aliphatic carbocycles. The van der Waals surface area contributed by atoms with E-state index < -0.39 is 11.7 Å². The Kier molecular flexibility index (Phi) is 4.51. The Bertz CT molecular complexity index is 373.